The Morgan fingerprint density at radius 2 is 1.41 bits per heavy atom. The minimum atomic E-state index is -4.86. The number of ketones is 1. The average molecular weight is 868 g/mol. The van der Waals surface area contributed by atoms with Crippen molar-refractivity contribution in [1.29, 1.82) is 0 Å². The van der Waals surface area contributed by atoms with Crippen LogP contribution < -0.4 is 9.47 Å². The highest BCUT2D eigenvalue weighted by Crippen LogP contribution is 2.78. The van der Waals surface area contributed by atoms with Crippen LogP contribution in [0.5, 0.6) is 11.5 Å². The normalized spacial score (nSPS) is 31.4. The second kappa shape index (κ2) is 15.2. The molecule has 5 aromatic rings. The zero-order valence-electron chi connectivity index (χ0n) is 36.0. The minimum Gasteiger partial charge on any atom is -0.410 e. The van der Waals surface area contributed by atoms with Crippen LogP contribution in [0.25, 0.3) is 21.9 Å². The summed E-state index contributed by atoms with van der Waals surface area (Å²) < 4.78 is 49.4. The van der Waals surface area contributed by atoms with Crippen molar-refractivity contribution in [2.75, 3.05) is 6.54 Å². The predicted octanol–water partition coefficient (Wildman–Crippen LogP) is 11.9. The summed E-state index contributed by atoms with van der Waals surface area (Å²) in [4.78, 5) is 31.5. The predicted molar refractivity (Wildman–Crippen MR) is 238 cm³/mol. The summed E-state index contributed by atoms with van der Waals surface area (Å²) in [5.41, 5.74) is -0.107. The van der Waals surface area contributed by atoms with Crippen LogP contribution in [0, 0.1) is 33.5 Å². The summed E-state index contributed by atoms with van der Waals surface area (Å²) in [6.45, 7) is 4.28. The molecule has 330 valence electrons. The lowest BCUT2D eigenvalue weighted by Gasteiger charge is -2.71. The van der Waals surface area contributed by atoms with E-state index in [0.29, 0.717) is 49.0 Å². The quantitative estimate of drug-likeness (QED) is 0.113. The molecule has 2 bridgehead atoms. The number of benzene rings is 5. The third-order valence-corrected chi connectivity index (χ3v) is 16.4. The van der Waals surface area contributed by atoms with Gasteiger partial charge in [-0.25, -0.2) is 4.79 Å². The van der Waals surface area contributed by atoms with Crippen molar-refractivity contribution in [3.63, 3.8) is 0 Å². The Labute approximate surface area is 371 Å². The van der Waals surface area contributed by atoms with Crippen molar-refractivity contribution in [1.82, 2.24) is 4.90 Å². The van der Waals surface area contributed by atoms with Gasteiger partial charge in [0.05, 0.1) is 18.2 Å². The van der Waals surface area contributed by atoms with Gasteiger partial charge in [0.1, 0.15) is 11.5 Å². The molecule has 11 rings (SSSR count). The first-order chi connectivity index (χ1) is 30.6. The zero-order chi connectivity index (χ0) is 44.7. The summed E-state index contributed by atoms with van der Waals surface area (Å²) in [7, 11) is 0. The van der Waals surface area contributed by atoms with Crippen LogP contribution in [0.1, 0.15) is 74.7 Å². The smallest absolute Gasteiger partial charge is 0.410 e. The lowest BCUT2D eigenvalue weighted by Crippen LogP contribution is -2.67. The Balaban J connectivity index is 1.03. The van der Waals surface area contributed by atoms with E-state index in [2.05, 4.69) is 36.8 Å². The number of ether oxygens (including phenoxy) is 2. The van der Waals surface area contributed by atoms with Crippen LogP contribution in [-0.4, -0.2) is 51.6 Å². The third-order valence-electron chi connectivity index (χ3n) is 16.4. The van der Waals surface area contributed by atoms with Gasteiger partial charge in [0.15, 0.2) is 5.78 Å². The van der Waals surface area contributed by atoms with Crippen LogP contribution in [-0.2, 0) is 6.54 Å². The number of rotatable bonds is 9. The Bertz CT molecular complexity index is 2700. The van der Waals surface area contributed by atoms with E-state index in [0.717, 1.165) is 40.3 Å². The number of fused-ring (bicyclic) bond motifs is 2. The maximum atomic E-state index is 15.6. The van der Waals surface area contributed by atoms with Gasteiger partial charge in [-0.3, -0.25) is 4.79 Å². The van der Waals surface area contributed by atoms with Gasteiger partial charge in [0.25, 0.3) is 0 Å². The fourth-order valence-corrected chi connectivity index (χ4v) is 13.2. The molecule has 2 N–H and O–H groups in total. The van der Waals surface area contributed by atoms with Gasteiger partial charge < -0.3 is 24.6 Å². The summed E-state index contributed by atoms with van der Waals surface area (Å²) in [5, 5.41) is 26.4. The molecule has 7 nitrogen and oxygen atoms in total. The first-order valence-corrected chi connectivity index (χ1v) is 22.4. The molecule has 0 aromatic heterocycles. The maximum Gasteiger partial charge on any atom is 0.573 e. The van der Waals surface area contributed by atoms with E-state index in [4.69, 9.17) is 4.74 Å². The van der Waals surface area contributed by atoms with E-state index in [1.807, 2.05) is 84.9 Å². The number of Topliss-reactive ketones (excluding diaryl/α,β-unsaturated/α-hetero) is 1. The van der Waals surface area contributed by atoms with Gasteiger partial charge in [-0.1, -0.05) is 129 Å². The Morgan fingerprint density at radius 3 is 2.17 bits per heavy atom. The van der Waals surface area contributed by atoms with Crippen LogP contribution >= 0.6 is 0 Å². The van der Waals surface area contributed by atoms with Crippen molar-refractivity contribution >= 4 is 22.6 Å². The number of nitrogens with zero attached hydrogens (tertiary/aromatic N) is 1. The fraction of sp³-hybridized carbons (Fsp3) is 0.370. The first kappa shape index (κ1) is 42.3. The number of alkyl halides is 3. The highest BCUT2D eigenvalue weighted by molar-refractivity contribution is 6.14. The van der Waals surface area contributed by atoms with Crippen LogP contribution in [0.4, 0.5) is 18.0 Å². The van der Waals surface area contributed by atoms with Gasteiger partial charge in [0, 0.05) is 33.9 Å². The molecule has 6 aliphatic rings. The van der Waals surface area contributed by atoms with E-state index >= 15 is 4.79 Å². The molecule has 0 saturated heterocycles. The van der Waals surface area contributed by atoms with E-state index in [1.165, 1.54) is 29.2 Å². The highest BCUT2D eigenvalue weighted by atomic mass is 19.4. The van der Waals surface area contributed by atoms with Gasteiger partial charge in [0.2, 0.25) is 0 Å². The zero-order valence-corrected chi connectivity index (χ0v) is 36.0. The Kier molecular flexibility index (Phi) is 10.0. The van der Waals surface area contributed by atoms with E-state index in [1.54, 1.807) is 12.1 Å². The second-order valence-electron chi connectivity index (χ2n) is 19.5. The first-order valence-electron chi connectivity index (χ1n) is 22.4. The van der Waals surface area contributed by atoms with E-state index in [9.17, 15) is 28.2 Å². The molecule has 0 radical (unpaired) electrons. The number of halogens is 3. The van der Waals surface area contributed by atoms with Gasteiger partial charge >= 0.3 is 12.5 Å². The summed E-state index contributed by atoms with van der Waals surface area (Å²) in [6.07, 6.45) is 5.00. The third kappa shape index (κ3) is 6.70. The van der Waals surface area contributed by atoms with Crippen LogP contribution in [0.2, 0.25) is 0 Å². The maximum absolute atomic E-state index is 15.6. The molecular formula is C54H52F3NO6. The van der Waals surface area contributed by atoms with Gasteiger partial charge in [-0.2, -0.15) is 0 Å². The molecular weight excluding hydrogens is 816 g/mol. The summed E-state index contributed by atoms with van der Waals surface area (Å²) in [5.74, 6) is -0.258. The number of aliphatic hydroxyl groups is 2. The van der Waals surface area contributed by atoms with E-state index < -0.39 is 40.4 Å². The number of carbonyl (C=O) groups is 2. The number of hydrogen-bond donors (Lipinski definition) is 2. The summed E-state index contributed by atoms with van der Waals surface area (Å²) >= 11 is 0. The molecule has 6 aliphatic carbocycles. The molecule has 0 heterocycles. The largest absolute Gasteiger partial charge is 0.573 e. The Morgan fingerprint density at radius 1 is 0.750 bits per heavy atom. The highest BCUT2D eigenvalue weighted by Gasteiger charge is 2.74. The lowest BCUT2D eigenvalue weighted by molar-refractivity contribution is -0.274. The van der Waals surface area contributed by atoms with Crippen LogP contribution in [0.3, 0.4) is 0 Å². The number of aliphatic hydroxyl groups excluding tert-OH is 1. The van der Waals surface area contributed by atoms with Crippen LogP contribution in [0.15, 0.2) is 145 Å². The Hall–Kier alpha value is -5.71. The van der Waals surface area contributed by atoms with Gasteiger partial charge in [-0.05, 0) is 114 Å². The molecule has 0 aliphatic heterocycles. The molecule has 2 spiro atoms. The molecule has 3 saturated carbocycles. The standard InChI is InChI=1S/C54H52F3NO6/c1-49-25-22-39(59)31-51(49)28-29-53(44(32-51)47(60)43-15-9-8-14-42(43)37-11-4-3-5-12-37)45(49)23-26-50(2)46(53)24-27-52(50,62)34-58(33-35-16-19-40(20-17-35)64-54(55,56)57)48(61)63-41-21-18-36-10-6-7-13-38(36)30-41/h3-21,28-30,32,39,45-46,59,62H,22-27,31,33-34H2,1-2H3/t39?,45-,46-,49-,50+,51+,52-,53-/m1/s1. The molecule has 8 atom stereocenters. The van der Waals surface area contributed by atoms with Crippen molar-refractivity contribution in [3.05, 3.63) is 156 Å². The molecule has 5 aromatic carbocycles. The second-order valence-corrected chi connectivity index (χ2v) is 19.5. The SMILES string of the molecule is C[C@]12CC[C@H]3[C@]4(C=C[C@@]5(C=C4C(=O)c4ccccc4-c4ccccc4)CC(O)CC[C@]35C)[C@@H]1CC[C@@]2(O)CN(Cc1ccc(OC(F)(F)F)cc1)C(=O)Oc1ccc2ccccc2c1. The van der Waals surface area contributed by atoms with Crippen molar-refractivity contribution in [2.24, 2.45) is 33.5 Å². The van der Waals surface area contributed by atoms with E-state index in [-0.39, 0.29) is 41.9 Å². The molecule has 1 unspecified atom stereocenters. The molecule has 3 fully saturated rings. The topological polar surface area (TPSA) is 96.3 Å². The van der Waals surface area contributed by atoms with Crippen molar-refractivity contribution in [2.45, 2.75) is 83.4 Å². The molecule has 10 heteroatoms. The molecule has 1 amide bonds. The number of allylic oxidation sites excluding steroid dienone is 4. The summed E-state index contributed by atoms with van der Waals surface area (Å²) in [6, 6.07) is 36.1. The molecule has 64 heavy (non-hydrogen) atoms. The fourth-order valence-electron chi connectivity index (χ4n) is 13.2. The average Bonchev–Trinajstić information content (AvgIpc) is 3.55. The van der Waals surface area contributed by atoms with Gasteiger partial charge in [-0.15, -0.1) is 13.2 Å². The monoisotopic (exact) mass is 867 g/mol. The number of carbonyl (C=O) groups excluding carboxylic acids is 2. The number of amides is 1. The minimum absolute atomic E-state index is 0.0477. The number of hydrogen-bond acceptors (Lipinski definition) is 6. The lowest BCUT2D eigenvalue weighted by atomic mass is 9.32. The van der Waals surface area contributed by atoms with Crippen molar-refractivity contribution in [3.8, 4) is 22.6 Å². The van der Waals surface area contributed by atoms with Crippen molar-refractivity contribution < 1.29 is 42.4 Å².